The molecular formula is C13H16Cl3NO3S. The smallest absolute Gasteiger partial charge is 0.262 e. The fraction of sp³-hybridized carbons (Fsp3) is 0.462. The van der Waals surface area contributed by atoms with Gasteiger partial charge in [-0.25, -0.2) is 8.42 Å². The average Bonchev–Trinajstić information content (AvgIpc) is 2.28. The van der Waals surface area contributed by atoms with Crippen molar-refractivity contribution < 1.29 is 13.2 Å². The van der Waals surface area contributed by atoms with Gasteiger partial charge in [0.1, 0.15) is 4.90 Å². The Bertz CT molecular complexity index is 644. The molecule has 0 heterocycles. The first-order valence-corrected chi connectivity index (χ1v) is 9.33. The quantitative estimate of drug-likeness (QED) is 0.792. The van der Waals surface area contributed by atoms with E-state index in [1.54, 1.807) is 0 Å². The van der Waals surface area contributed by atoms with Crippen LogP contribution in [0.15, 0.2) is 17.0 Å². The maximum Gasteiger partial charge on any atom is 0.262 e. The maximum atomic E-state index is 12.2. The molecule has 0 fully saturated rings. The highest BCUT2D eigenvalue weighted by Crippen LogP contribution is 2.31. The van der Waals surface area contributed by atoms with Gasteiger partial charge >= 0.3 is 0 Å². The largest absolute Gasteiger partial charge is 0.350 e. The van der Waals surface area contributed by atoms with Gasteiger partial charge in [0.2, 0.25) is 0 Å². The van der Waals surface area contributed by atoms with Gasteiger partial charge in [-0.1, -0.05) is 37.0 Å². The molecule has 0 radical (unpaired) electrons. The SMILES string of the molecule is CC(C)CC(C)NC(=O)c1cc(Cl)cc(S(=O)(=O)Cl)c1Cl. The molecule has 1 unspecified atom stereocenters. The minimum absolute atomic E-state index is 0.0148. The molecule has 0 aliphatic heterocycles. The lowest BCUT2D eigenvalue weighted by molar-refractivity contribution is 0.0936. The number of hydrogen-bond donors (Lipinski definition) is 1. The fourth-order valence-electron chi connectivity index (χ4n) is 1.97. The summed E-state index contributed by atoms with van der Waals surface area (Å²) < 4.78 is 22.9. The molecule has 4 nitrogen and oxygen atoms in total. The molecule has 0 aliphatic carbocycles. The highest BCUT2D eigenvalue weighted by molar-refractivity contribution is 8.13. The molecule has 0 spiro atoms. The predicted octanol–water partition coefficient (Wildman–Crippen LogP) is 4.09. The van der Waals surface area contributed by atoms with Gasteiger partial charge < -0.3 is 5.32 Å². The summed E-state index contributed by atoms with van der Waals surface area (Å²) in [4.78, 5) is 11.8. The number of rotatable bonds is 5. The molecule has 0 aliphatic rings. The van der Waals surface area contributed by atoms with Crippen LogP contribution in [0, 0.1) is 5.92 Å². The number of nitrogens with one attached hydrogen (secondary N) is 1. The first-order valence-electron chi connectivity index (χ1n) is 6.27. The number of carbonyl (C=O) groups excluding carboxylic acids is 1. The summed E-state index contributed by atoms with van der Waals surface area (Å²) in [6.07, 6.45) is 0.782. The van der Waals surface area contributed by atoms with Crippen LogP contribution in [0.2, 0.25) is 10.0 Å². The Morgan fingerprint density at radius 3 is 2.29 bits per heavy atom. The van der Waals surface area contributed by atoms with Crippen molar-refractivity contribution in [1.29, 1.82) is 0 Å². The first-order chi connectivity index (χ1) is 9.52. The molecule has 0 bridgehead atoms. The molecule has 1 aromatic carbocycles. The van der Waals surface area contributed by atoms with Crippen LogP contribution < -0.4 is 5.32 Å². The van der Waals surface area contributed by atoms with Crippen LogP contribution in [0.4, 0.5) is 0 Å². The zero-order valence-corrected chi connectivity index (χ0v) is 14.9. The molecular weight excluding hydrogens is 357 g/mol. The first kappa shape index (κ1) is 18.6. The molecule has 1 rings (SSSR count). The van der Waals surface area contributed by atoms with Gasteiger partial charge in [-0.05, 0) is 31.4 Å². The standard InChI is InChI=1S/C13H16Cl3NO3S/c1-7(2)4-8(3)17-13(18)10-5-9(14)6-11(12(10)15)21(16,19)20/h5-8H,4H2,1-3H3,(H,17,18). The summed E-state index contributed by atoms with van der Waals surface area (Å²) in [6.45, 7) is 5.93. The van der Waals surface area contributed by atoms with E-state index in [1.165, 1.54) is 6.07 Å². The normalized spacial score (nSPS) is 13.3. The van der Waals surface area contributed by atoms with Gasteiger partial charge in [0.15, 0.2) is 0 Å². The van der Waals surface area contributed by atoms with Crippen LogP contribution in [0.25, 0.3) is 0 Å². The summed E-state index contributed by atoms with van der Waals surface area (Å²) in [7, 11) is 1.20. The van der Waals surface area contributed by atoms with Crippen molar-refractivity contribution >= 4 is 48.8 Å². The second-order valence-corrected chi connectivity index (χ2v) is 8.56. The second kappa shape index (κ2) is 7.18. The van der Waals surface area contributed by atoms with Crippen molar-refractivity contribution in [2.75, 3.05) is 0 Å². The van der Waals surface area contributed by atoms with Gasteiger partial charge in [0.25, 0.3) is 15.0 Å². The molecule has 1 amide bonds. The van der Waals surface area contributed by atoms with Crippen LogP contribution in [-0.2, 0) is 9.05 Å². The highest BCUT2D eigenvalue weighted by atomic mass is 35.7. The van der Waals surface area contributed by atoms with Gasteiger partial charge in [-0.15, -0.1) is 0 Å². The lowest BCUT2D eigenvalue weighted by atomic mass is 10.0. The van der Waals surface area contributed by atoms with E-state index in [0.717, 1.165) is 12.5 Å². The van der Waals surface area contributed by atoms with E-state index < -0.39 is 15.0 Å². The van der Waals surface area contributed by atoms with Crippen molar-refractivity contribution in [3.63, 3.8) is 0 Å². The van der Waals surface area contributed by atoms with E-state index in [-0.39, 0.29) is 26.5 Å². The Balaban J connectivity index is 3.14. The molecule has 118 valence electrons. The Morgan fingerprint density at radius 1 is 1.24 bits per heavy atom. The molecule has 1 N–H and O–H groups in total. The van der Waals surface area contributed by atoms with Gasteiger partial charge in [-0.3, -0.25) is 4.79 Å². The number of hydrogen-bond acceptors (Lipinski definition) is 3. The Hall–Kier alpha value is -0.490. The minimum Gasteiger partial charge on any atom is -0.350 e. The van der Waals surface area contributed by atoms with Crippen LogP contribution in [0.1, 0.15) is 37.6 Å². The number of benzene rings is 1. The van der Waals surface area contributed by atoms with Crippen molar-refractivity contribution in [3.05, 3.63) is 27.7 Å². The Morgan fingerprint density at radius 2 is 1.81 bits per heavy atom. The van der Waals surface area contributed by atoms with Crippen molar-refractivity contribution in [2.45, 2.75) is 38.1 Å². The van der Waals surface area contributed by atoms with Crippen LogP contribution in [0.5, 0.6) is 0 Å². The van der Waals surface area contributed by atoms with Crippen LogP contribution >= 0.6 is 33.9 Å². The average molecular weight is 373 g/mol. The third kappa shape index (κ3) is 5.33. The third-order valence-corrected chi connectivity index (χ3v) is 4.80. The Labute approximate surface area is 139 Å². The fourth-order valence-corrected chi connectivity index (χ4v) is 3.83. The van der Waals surface area contributed by atoms with E-state index in [0.29, 0.717) is 5.92 Å². The summed E-state index contributed by atoms with van der Waals surface area (Å²) in [5, 5.41) is 2.59. The van der Waals surface area contributed by atoms with Crippen LogP contribution in [0.3, 0.4) is 0 Å². The highest BCUT2D eigenvalue weighted by Gasteiger charge is 2.23. The van der Waals surface area contributed by atoms with E-state index >= 15 is 0 Å². The zero-order valence-electron chi connectivity index (χ0n) is 11.8. The lowest BCUT2D eigenvalue weighted by Gasteiger charge is -2.17. The maximum absolute atomic E-state index is 12.2. The predicted molar refractivity (Wildman–Crippen MR) is 85.9 cm³/mol. The second-order valence-electron chi connectivity index (χ2n) is 5.21. The van der Waals surface area contributed by atoms with Crippen molar-refractivity contribution in [3.8, 4) is 0 Å². The molecule has 8 heteroatoms. The monoisotopic (exact) mass is 371 g/mol. The zero-order chi connectivity index (χ0) is 16.4. The van der Waals surface area contributed by atoms with E-state index in [9.17, 15) is 13.2 Å². The van der Waals surface area contributed by atoms with Crippen molar-refractivity contribution in [1.82, 2.24) is 5.32 Å². The number of halogens is 3. The molecule has 0 aromatic heterocycles. The molecule has 21 heavy (non-hydrogen) atoms. The van der Waals surface area contributed by atoms with Gasteiger partial charge in [0.05, 0.1) is 10.6 Å². The topological polar surface area (TPSA) is 63.2 Å². The number of amides is 1. The van der Waals surface area contributed by atoms with E-state index in [2.05, 4.69) is 5.32 Å². The molecule has 0 saturated carbocycles. The third-order valence-electron chi connectivity index (χ3n) is 2.71. The molecule has 1 aromatic rings. The minimum atomic E-state index is -4.08. The summed E-state index contributed by atoms with van der Waals surface area (Å²) in [5.74, 6) is -0.0777. The summed E-state index contributed by atoms with van der Waals surface area (Å²) >= 11 is 11.8. The lowest BCUT2D eigenvalue weighted by Crippen LogP contribution is -2.33. The Kier molecular flexibility index (Phi) is 6.35. The van der Waals surface area contributed by atoms with Crippen LogP contribution in [-0.4, -0.2) is 20.4 Å². The molecule has 1 atom stereocenters. The van der Waals surface area contributed by atoms with Crippen molar-refractivity contribution in [2.24, 2.45) is 5.92 Å². The number of carbonyl (C=O) groups is 1. The van der Waals surface area contributed by atoms with E-state index in [4.69, 9.17) is 33.9 Å². The summed E-state index contributed by atoms with van der Waals surface area (Å²) in [5.41, 5.74) is -0.0148. The van der Waals surface area contributed by atoms with Gasteiger partial charge in [0, 0.05) is 21.7 Å². The summed E-state index contributed by atoms with van der Waals surface area (Å²) in [6, 6.07) is 2.34. The molecule has 0 saturated heterocycles. The van der Waals surface area contributed by atoms with Gasteiger partial charge in [-0.2, -0.15) is 0 Å². The van der Waals surface area contributed by atoms with E-state index in [1.807, 2.05) is 20.8 Å².